The summed E-state index contributed by atoms with van der Waals surface area (Å²) in [6, 6.07) is 9.32. The van der Waals surface area contributed by atoms with Crippen molar-refractivity contribution in [3.05, 3.63) is 66.9 Å². The molecule has 0 fully saturated rings. The first-order chi connectivity index (χ1) is 14.2. The molecule has 2 N–H and O–H groups in total. The molecule has 0 unspecified atom stereocenters. The number of rotatable bonds is 9. The number of nitro groups is 1. The molecule has 10 heteroatoms. The van der Waals surface area contributed by atoms with E-state index in [1.807, 2.05) is 22.6 Å². The Morgan fingerprint density at radius 1 is 1.23 bits per heavy atom. The Labute approximate surface area is 186 Å². The first-order valence-electron chi connectivity index (χ1n) is 8.76. The van der Waals surface area contributed by atoms with E-state index in [2.05, 4.69) is 5.32 Å². The number of nitrogens with one attached hydrogen (secondary N) is 1. The van der Waals surface area contributed by atoms with Gasteiger partial charge >= 0.3 is 5.97 Å². The van der Waals surface area contributed by atoms with Crippen LogP contribution in [0.1, 0.15) is 25.0 Å². The number of hydrogen-bond donors (Lipinski definition) is 2. The Morgan fingerprint density at radius 2 is 1.90 bits per heavy atom. The van der Waals surface area contributed by atoms with Crippen LogP contribution in [0.25, 0.3) is 6.08 Å². The van der Waals surface area contributed by atoms with E-state index in [1.54, 1.807) is 31.2 Å². The summed E-state index contributed by atoms with van der Waals surface area (Å²) in [5.74, 6) is -0.891. The second-order valence-electron chi connectivity index (χ2n) is 6.02. The molecule has 0 bridgehead atoms. The number of aliphatic carboxylic acids is 1. The van der Waals surface area contributed by atoms with Crippen molar-refractivity contribution in [3.8, 4) is 11.5 Å². The molecule has 2 rings (SSSR count). The van der Waals surface area contributed by atoms with Crippen LogP contribution in [0.15, 0.2) is 42.1 Å². The van der Waals surface area contributed by atoms with Crippen molar-refractivity contribution in [2.45, 2.75) is 20.5 Å². The van der Waals surface area contributed by atoms with Crippen LogP contribution in [0, 0.1) is 13.7 Å². The molecule has 1 amide bonds. The highest BCUT2D eigenvalue weighted by atomic mass is 127. The zero-order chi connectivity index (χ0) is 22.3. The largest absolute Gasteiger partial charge is 0.490 e. The van der Waals surface area contributed by atoms with Gasteiger partial charge in [0.1, 0.15) is 12.3 Å². The molecule has 0 aliphatic heterocycles. The van der Waals surface area contributed by atoms with Crippen molar-refractivity contribution in [1.82, 2.24) is 5.32 Å². The van der Waals surface area contributed by atoms with Gasteiger partial charge in [0.2, 0.25) is 5.91 Å². The average Bonchev–Trinajstić information content (AvgIpc) is 2.67. The van der Waals surface area contributed by atoms with Gasteiger partial charge in [-0.3, -0.25) is 14.9 Å². The SMILES string of the molecule is CCOc1cc(/C=C(/NC(C)=O)C(=O)O)cc(I)c1OCc1ccc([N+](=O)[O-])cc1. The molecule has 0 aliphatic carbocycles. The molecule has 0 aromatic heterocycles. The molecule has 0 spiro atoms. The summed E-state index contributed by atoms with van der Waals surface area (Å²) in [5, 5.41) is 22.3. The van der Waals surface area contributed by atoms with Gasteiger partial charge in [-0.2, -0.15) is 0 Å². The third kappa shape index (κ3) is 6.44. The number of nitrogens with zero attached hydrogens (tertiary/aromatic N) is 1. The monoisotopic (exact) mass is 526 g/mol. The number of carboxylic acids is 1. The minimum absolute atomic E-state index is 0.00659. The predicted molar refractivity (Wildman–Crippen MR) is 117 cm³/mol. The van der Waals surface area contributed by atoms with Crippen LogP contribution in [0.2, 0.25) is 0 Å². The maximum atomic E-state index is 11.3. The molecule has 30 heavy (non-hydrogen) atoms. The maximum Gasteiger partial charge on any atom is 0.352 e. The van der Waals surface area contributed by atoms with Crippen molar-refractivity contribution in [1.29, 1.82) is 0 Å². The lowest BCUT2D eigenvalue weighted by Gasteiger charge is -2.15. The van der Waals surface area contributed by atoms with E-state index in [9.17, 15) is 24.8 Å². The third-order valence-corrected chi connectivity index (χ3v) is 4.52. The van der Waals surface area contributed by atoms with Gasteiger partial charge in [0.05, 0.1) is 15.1 Å². The van der Waals surface area contributed by atoms with E-state index in [0.717, 1.165) is 5.56 Å². The van der Waals surface area contributed by atoms with E-state index in [1.165, 1.54) is 25.1 Å². The fourth-order valence-electron chi connectivity index (χ4n) is 2.45. The zero-order valence-corrected chi connectivity index (χ0v) is 18.3. The van der Waals surface area contributed by atoms with Crippen LogP contribution in [0.5, 0.6) is 11.5 Å². The Bertz CT molecular complexity index is 987. The summed E-state index contributed by atoms with van der Waals surface area (Å²) in [5.41, 5.74) is 0.978. The van der Waals surface area contributed by atoms with Crippen LogP contribution in [-0.4, -0.2) is 28.5 Å². The Hall–Kier alpha value is -3.15. The molecule has 0 radical (unpaired) electrons. The second kappa shape index (κ2) is 10.6. The lowest BCUT2D eigenvalue weighted by molar-refractivity contribution is -0.384. The van der Waals surface area contributed by atoms with E-state index in [0.29, 0.717) is 27.2 Å². The topological polar surface area (TPSA) is 128 Å². The van der Waals surface area contributed by atoms with Gasteiger partial charge in [-0.25, -0.2) is 4.79 Å². The number of hydrogen-bond acceptors (Lipinski definition) is 6. The Morgan fingerprint density at radius 3 is 2.43 bits per heavy atom. The number of carboxylic acid groups (broad SMARTS) is 1. The lowest BCUT2D eigenvalue weighted by Crippen LogP contribution is -2.24. The summed E-state index contributed by atoms with van der Waals surface area (Å²) >= 11 is 2.04. The molecule has 0 saturated carbocycles. The van der Waals surface area contributed by atoms with Crippen molar-refractivity contribution < 1.29 is 29.1 Å². The lowest BCUT2D eigenvalue weighted by atomic mass is 10.1. The maximum absolute atomic E-state index is 11.3. The number of carbonyl (C=O) groups excluding carboxylic acids is 1. The molecule has 2 aromatic rings. The summed E-state index contributed by atoms with van der Waals surface area (Å²) in [6.07, 6.45) is 1.33. The van der Waals surface area contributed by atoms with Crippen molar-refractivity contribution in [3.63, 3.8) is 0 Å². The average molecular weight is 526 g/mol. The quantitative estimate of drug-likeness (QED) is 0.221. The smallest absolute Gasteiger partial charge is 0.352 e. The van der Waals surface area contributed by atoms with E-state index >= 15 is 0 Å². The number of carbonyl (C=O) groups is 2. The minimum atomic E-state index is -1.27. The van der Waals surface area contributed by atoms with E-state index < -0.39 is 16.8 Å². The molecule has 9 nitrogen and oxygen atoms in total. The molecule has 0 saturated heterocycles. The summed E-state index contributed by atoms with van der Waals surface area (Å²) in [4.78, 5) is 32.8. The van der Waals surface area contributed by atoms with Crippen LogP contribution < -0.4 is 14.8 Å². The van der Waals surface area contributed by atoms with Gasteiger partial charge in [-0.05, 0) is 71.0 Å². The normalized spacial score (nSPS) is 11.0. The van der Waals surface area contributed by atoms with Crippen LogP contribution in [-0.2, 0) is 16.2 Å². The predicted octanol–water partition coefficient (Wildman–Crippen LogP) is 3.74. The Balaban J connectivity index is 2.30. The Kier molecular flexibility index (Phi) is 8.16. The number of ether oxygens (including phenoxy) is 2. The van der Waals surface area contributed by atoms with Gasteiger partial charge < -0.3 is 19.9 Å². The minimum Gasteiger partial charge on any atom is -0.490 e. The highest BCUT2D eigenvalue weighted by Crippen LogP contribution is 2.35. The van der Waals surface area contributed by atoms with Gasteiger partial charge in [0.25, 0.3) is 5.69 Å². The summed E-state index contributed by atoms with van der Waals surface area (Å²) < 4.78 is 12.2. The molecule has 0 heterocycles. The number of amides is 1. The van der Waals surface area contributed by atoms with Crippen LogP contribution >= 0.6 is 22.6 Å². The number of nitro benzene ring substituents is 1. The van der Waals surface area contributed by atoms with Crippen molar-refractivity contribution in [2.75, 3.05) is 6.61 Å². The summed E-state index contributed by atoms with van der Waals surface area (Å²) in [7, 11) is 0. The second-order valence-corrected chi connectivity index (χ2v) is 7.18. The van der Waals surface area contributed by atoms with Crippen LogP contribution in [0.4, 0.5) is 5.69 Å². The highest BCUT2D eigenvalue weighted by Gasteiger charge is 2.15. The first-order valence-corrected chi connectivity index (χ1v) is 9.84. The van der Waals surface area contributed by atoms with Gasteiger partial charge in [-0.15, -0.1) is 0 Å². The third-order valence-electron chi connectivity index (χ3n) is 3.71. The van der Waals surface area contributed by atoms with Crippen molar-refractivity contribution in [2.24, 2.45) is 0 Å². The molecule has 0 atom stereocenters. The molecular weight excluding hydrogens is 507 g/mol. The van der Waals surface area contributed by atoms with Crippen molar-refractivity contribution >= 4 is 46.2 Å². The number of benzene rings is 2. The number of non-ortho nitro benzene ring substituents is 1. The molecular formula is C20H19IN2O7. The summed E-state index contributed by atoms with van der Waals surface area (Å²) in [6.45, 7) is 3.54. The standard InChI is InChI=1S/C20H19IN2O7/c1-3-29-18-10-14(9-17(20(25)26)22-12(2)24)8-16(21)19(18)30-11-13-4-6-15(7-5-13)23(27)28/h4-10H,3,11H2,1-2H3,(H,22,24)(H,25,26)/b17-9+. The van der Waals surface area contributed by atoms with Gasteiger partial charge in [0.15, 0.2) is 11.5 Å². The van der Waals surface area contributed by atoms with Gasteiger partial charge in [-0.1, -0.05) is 0 Å². The zero-order valence-electron chi connectivity index (χ0n) is 16.2. The van der Waals surface area contributed by atoms with Crippen LogP contribution in [0.3, 0.4) is 0 Å². The molecule has 0 aliphatic rings. The van der Waals surface area contributed by atoms with E-state index in [4.69, 9.17) is 9.47 Å². The molecule has 2 aromatic carbocycles. The van der Waals surface area contributed by atoms with Gasteiger partial charge in [0, 0.05) is 19.1 Å². The fourth-order valence-corrected chi connectivity index (χ4v) is 3.23. The highest BCUT2D eigenvalue weighted by molar-refractivity contribution is 14.1. The van der Waals surface area contributed by atoms with E-state index in [-0.39, 0.29) is 18.0 Å². The fraction of sp³-hybridized carbons (Fsp3) is 0.200. The molecule has 158 valence electrons. The number of halogens is 1. The first kappa shape index (κ1) is 23.1.